The molecular formula is C44H43F3N4O+2. The second-order valence-electron chi connectivity index (χ2n) is 14.9. The second kappa shape index (κ2) is 11.8. The molecule has 0 bridgehead atoms. The molecule has 0 saturated heterocycles. The van der Waals surface area contributed by atoms with Crippen LogP contribution in [0.1, 0.15) is 89.1 Å². The van der Waals surface area contributed by atoms with E-state index < -0.39 is 22.9 Å². The van der Waals surface area contributed by atoms with Crippen LogP contribution in [0, 0.1) is 0 Å². The van der Waals surface area contributed by atoms with E-state index in [9.17, 15) is 13.2 Å². The Bertz CT molecular complexity index is 2530. The molecule has 0 radical (unpaired) electrons. The van der Waals surface area contributed by atoms with Crippen LogP contribution >= 0.6 is 0 Å². The predicted octanol–water partition coefficient (Wildman–Crippen LogP) is 10.8. The summed E-state index contributed by atoms with van der Waals surface area (Å²) >= 11 is 0. The molecule has 6 heterocycles. The number of pyridine rings is 2. The molecule has 0 spiro atoms. The number of furan rings is 1. The van der Waals surface area contributed by atoms with Crippen molar-refractivity contribution in [2.24, 2.45) is 0 Å². The van der Waals surface area contributed by atoms with Crippen LogP contribution in [-0.2, 0) is 23.7 Å². The highest BCUT2D eigenvalue weighted by atomic mass is 19.4. The number of para-hydroxylation sites is 1. The first-order chi connectivity index (χ1) is 25.1. The molecule has 3 unspecified atom stereocenters. The maximum atomic E-state index is 14.2. The van der Waals surface area contributed by atoms with Crippen LogP contribution in [0.4, 0.5) is 13.2 Å². The number of unbranched alkanes of at least 4 members (excludes halogenated alkanes) is 1. The predicted molar refractivity (Wildman–Crippen MR) is 198 cm³/mol. The van der Waals surface area contributed by atoms with Gasteiger partial charge < -0.3 is 4.42 Å². The fourth-order valence-corrected chi connectivity index (χ4v) is 9.82. The number of halogens is 3. The third-order valence-electron chi connectivity index (χ3n) is 12.5. The summed E-state index contributed by atoms with van der Waals surface area (Å²) in [7, 11) is 0. The van der Waals surface area contributed by atoms with Crippen molar-refractivity contribution in [1.29, 1.82) is 0 Å². The zero-order chi connectivity index (χ0) is 36.0. The molecule has 2 aliphatic rings. The number of aryl methyl sites for hydroxylation is 1. The van der Waals surface area contributed by atoms with Crippen LogP contribution < -0.4 is 9.13 Å². The first-order valence-electron chi connectivity index (χ1n) is 18.7. The number of nitrogens with zero attached hydrogens (tertiary/aromatic N) is 4. The second-order valence-corrected chi connectivity index (χ2v) is 14.9. The molecular weight excluding hydrogens is 658 g/mol. The molecule has 0 amide bonds. The number of aromatic nitrogens is 4. The van der Waals surface area contributed by atoms with Crippen LogP contribution in [-0.4, -0.2) is 9.78 Å². The van der Waals surface area contributed by atoms with Gasteiger partial charge >= 0.3 is 6.18 Å². The molecule has 0 saturated carbocycles. The Hall–Kier alpha value is -4.98. The van der Waals surface area contributed by atoms with E-state index in [1.54, 1.807) is 4.68 Å². The Kier molecular flexibility index (Phi) is 7.45. The van der Waals surface area contributed by atoms with E-state index in [0.717, 1.165) is 82.9 Å². The maximum absolute atomic E-state index is 14.2. The molecule has 3 atom stereocenters. The fourth-order valence-electron chi connectivity index (χ4n) is 9.82. The molecule has 264 valence electrons. The van der Waals surface area contributed by atoms with Gasteiger partial charge in [-0.2, -0.15) is 27.4 Å². The summed E-state index contributed by atoms with van der Waals surface area (Å²) in [5.74, 6) is 0. The summed E-state index contributed by atoms with van der Waals surface area (Å²) in [6.07, 6.45) is 3.59. The highest BCUT2D eigenvalue weighted by Gasteiger charge is 2.61. The first kappa shape index (κ1) is 32.9. The molecule has 7 aromatic rings. The number of hydrogen-bond acceptors (Lipinski definition) is 2. The summed E-state index contributed by atoms with van der Waals surface area (Å²) < 4.78 is 55.9. The zero-order valence-corrected chi connectivity index (χ0v) is 30.1. The van der Waals surface area contributed by atoms with Crippen molar-refractivity contribution in [3.63, 3.8) is 0 Å². The lowest BCUT2D eigenvalue weighted by atomic mass is 9.68. The van der Waals surface area contributed by atoms with Gasteiger partial charge in [0.2, 0.25) is 16.9 Å². The summed E-state index contributed by atoms with van der Waals surface area (Å²) in [6.45, 7) is 8.57. The van der Waals surface area contributed by atoms with Gasteiger partial charge in [0.05, 0.1) is 5.56 Å². The van der Waals surface area contributed by atoms with Crippen molar-refractivity contribution >= 4 is 32.8 Å². The fraction of sp³-hybridized carbons (Fsp3) is 0.341. The lowest BCUT2D eigenvalue weighted by molar-refractivity contribution is -0.776. The summed E-state index contributed by atoms with van der Waals surface area (Å²) in [5.41, 5.74) is 6.91. The Morgan fingerprint density at radius 2 is 1.71 bits per heavy atom. The van der Waals surface area contributed by atoms with Crippen molar-refractivity contribution in [2.75, 3.05) is 0 Å². The van der Waals surface area contributed by atoms with E-state index in [2.05, 4.69) is 115 Å². The summed E-state index contributed by atoms with van der Waals surface area (Å²) in [4.78, 5) is 0. The Balaban J connectivity index is 1.23. The van der Waals surface area contributed by atoms with Crippen LogP contribution in [0.25, 0.3) is 55.5 Å². The Labute approximate surface area is 301 Å². The van der Waals surface area contributed by atoms with E-state index >= 15 is 0 Å². The lowest BCUT2D eigenvalue weighted by Crippen LogP contribution is -2.71. The third kappa shape index (κ3) is 4.45. The highest BCUT2D eigenvalue weighted by Crippen LogP contribution is 2.51. The number of rotatable bonds is 8. The van der Waals surface area contributed by atoms with Crippen LogP contribution in [0.3, 0.4) is 0 Å². The normalized spacial score (nSPS) is 20.7. The molecule has 0 fully saturated rings. The summed E-state index contributed by atoms with van der Waals surface area (Å²) in [6, 6.07) is 31.0. The Morgan fingerprint density at radius 3 is 2.50 bits per heavy atom. The minimum Gasteiger partial charge on any atom is -0.455 e. The number of alkyl halides is 3. The number of fused-ring (bicyclic) bond motifs is 12. The highest BCUT2D eigenvalue weighted by molar-refractivity contribution is 6.11. The molecule has 4 aromatic heterocycles. The summed E-state index contributed by atoms with van der Waals surface area (Å²) in [5, 5.41) is 7.83. The van der Waals surface area contributed by atoms with Gasteiger partial charge in [0.15, 0.2) is 23.5 Å². The average Bonchev–Trinajstić information content (AvgIpc) is 3.87. The Morgan fingerprint density at radius 1 is 0.885 bits per heavy atom. The standard InChI is InChI=1S/C44H43F3N4O/c1-5-8-14-29-16-13-19-37-39(29)31-22-21-30-33(50-32-17-10-9-15-28(32)20-23-35(50)40(30)41(31)52-37)24-25-43(7-3)42(4,6-2)51-36(27-38(48-51)44(45,46)47)34-18-11-12-26-49(34)43/h9-13,15-23,26-27,33H,5-8,14,24-25H2,1-4H3/q+2. The topological polar surface area (TPSA) is 38.7 Å². The monoisotopic (exact) mass is 700 g/mol. The van der Waals surface area contributed by atoms with Crippen molar-refractivity contribution in [1.82, 2.24) is 9.78 Å². The van der Waals surface area contributed by atoms with Crippen molar-refractivity contribution in [3.8, 4) is 22.6 Å². The molecule has 2 aliphatic heterocycles. The van der Waals surface area contributed by atoms with Crippen molar-refractivity contribution < 1.29 is 26.7 Å². The van der Waals surface area contributed by atoms with Crippen LogP contribution in [0.15, 0.2) is 102 Å². The van der Waals surface area contributed by atoms with Gasteiger partial charge in [-0.1, -0.05) is 57.5 Å². The van der Waals surface area contributed by atoms with Gasteiger partial charge in [-0.15, -0.1) is 0 Å². The van der Waals surface area contributed by atoms with Gasteiger partial charge in [0.1, 0.15) is 22.4 Å². The largest absolute Gasteiger partial charge is 0.455 e. The van der Waals surface area contributed by atoms with Crippen LogP contribution in [0.2, 0.25) is 0 Å². The third-order valence-corrected chi connectivity index (χ3v) is 12.5. The van der Waals surface area contributed by atoms with Crippen molar-refractivity contribution in [2.45, 2.75) is 95.9 Å². The van der Waals surface area contributed by atoms with Gasteiger partial charge in [0, 0.05) is 71.3 Å². The minimum absolute atomic E-state index is 0.0182. The van der Waals surface area contributed by atoms with Gasteiger partial charge in [-0.05, 0) is 62.1 Å². The van der Waals surface area contributed by atoms with Gasteiger partial charge in [-0.25, -0.2) is 4.68 Å². The van der Waals surface area contributed by atoms with Crippen LogP contribution in [0.5, 0.6) is 0 Å². The van der Waals surface area contributed by atoms with E-state index in [4.69, 9.17) is 4.42 Å². The first-order valence-corrected chi connectivity index (χ1v) is 18.7. The molecule has 0 N–H and O–H groups in total. The smallest absolute Gasteiger partial charge is 0.435 e. The lowest BCUT2D eigenvalue weighted by Gasteiger charge is -2.47. The van der Waals surface area contributed by atoms with Crippen molar-refractivity contribution in [3.05, 3.63) is 114 Å². The molecule has 3 aromatic carbocycles. The van der Waals surface area contributed by atoms with Gasteiger partial charge in [0.25, 0.3) is 0 Å². The van der Waals surface area contributed by atoms with E-state index in [1.807, 2.05) is 18.2 Å². The number of benzene rings is 3. The zero-order valence-electron chi connectivity index (χ0n) is 30.1. The molecule has 9 rings (SSSR count). The van der Waals surface area contributed by atoms with E-state index in [-0.39, 0.29) is 6.04 Å². The van der Waals surface area contributed by atoms with Gasteiger partial charge in [-0.3, -0.25) is 0 Å². The molecule has 52 heavy (non-hydrogen) atoms. The average molecular weight is 701 g/mol. The number of hydrogen-bond donors (Lipinski definition) is 0. The van der Waals surface area contributed by atoms with E-state index in [1.165, 1.54) is 22.6 Å². The molecule has 0 aliphatic carbocycles. The minimum atomic E-state index is -4.54. The molecule has 5 nitrogen and oxygen atoms in total. The SMILES string of the molecule is CCCCc1cccc2oc3c4c(ccc3c12)C(CCC1(CC)[n+]2ccccc2-c2cc(C(F)(F)F)nn2C1(C)CC)[n+]1c-4ccc2ccccc21. The van der Waals surface area contributed by atoms with E-state index in [0.29, 0.717) is 12.1 Å². The maximum Gasteiger partial charge on any atom is 0.435 e. The molecule has 8 heteroatoms. The quantitative estimate of drug-likeness (QED) is 0.148.